The Morgan fingerprint density at radius 2 is 1.88 bits per heavy atom. The third kappa shape index (κ3) is 4.14. The first kappa shape index (κ1) is 13.6. The molecule has 0 fully saturated rings. The van der Waals surface area contributed by atoms with Crippen LogP contribution in [0, 0.1) is 0 Å². The van der Waals surface area contributed by atoms with Gasteiger partial charge in [0.15, 0.2) is 0 Å². The summed E-state index contributed by atoms with van der Waals surface area (Å²) in [6.07, 6.45) is -4.48. The Morgan fingerprint density at radius 1 is 1.29 bits per heavy atom. The zero-order valence-corrected chi connectivity index (χ0v) is 9.60. The minimum Gasteiger partial charge on any atom is -0.398 e. The Bertz CT molecular complexity index is 397. The van der Waals surface area contributed by atoms with E-state index in [0.29, 0.717) is 0 Å². The predicted octanol–water partition coefficient (Wildman–Crippen LogP) is 2.47. The second-order valence-corrected chi connectivity index (χ2v) is 4.47. The maximum absolute atomic E-state index is 12.5. The van der Waals surface area contributed by atoms with Crippen molar-refractivity contribution in [1.29, 1.82) is 0 Å². The van der Waals surface area contributed by atoms with E-state index in [1.807, 2.05) is 0 Å². The molecule has 0 amide bonds. The highest BCUT2D eigenvalue weighted by Gasteiger charge is 2.33. The van der Waals surface area contributed by atoms with Crippen LogP contribution in [0.2, 0.25) is 0 Å². The van der Waals surface area contributed by atoms with Gasteiger partial charge in [0.1, 0.15) is 0 Å². The van der Waals surface area contributed by atoms with Gasteiger partial charge in [-0.05, 0) is 32.0 Å². The van der Waals surface area contributed by atoms with E-state index >= 15 is 0 Å². The topological polar surface area (TPSA) is 58.3 Å². The van der Waals surface area contributed by atoms with Gasteiger partial charge in [-0.1, -0.05) is 0 Å². The summed E-state index contributed by atoms with van der Waals surface area (Å²) in [5.41, 5.74) is 3.34. The first-order chi connectivity index (χ1) is 7.59. The molecular weight excluding hydrogens is 233 g/mol. The van der Waals surface area contributed by atoms with Gasteiger partial charge >= 0.3 is 6.18 Å². The molecule has 96 valence electrons. The van der Waals surface area contributed by atoms with E-state index in [-0.39, 0.29) is 17.9 Å². The Balaban J connectivity index is 2.90. The van der Waals surface area contributed by atoms with E-state index in [9.17, 15) is 18.3 Å². The van der Waals surface area contributed by atoms with E-state index in [0.717, 1.165) is 6.07 Å². The van der Waals surface area contributed by atoms with E-state index < -0.39 is 17.3 Å². The average molecular weight is 248 g/mol. The standard InChI is InChI=1S/C11H15F3N2O/c1-10(2,17)6-16-7-3-4-9(15)8(5-7)11(12,13)14/h3-5,16-17H,6,15H2,1-2H3. The normalized spacial score (nSPS) is 12.6. The molecule has 0 unspecified atom stereocenters. The summed E-state index contributed by atoms with van der Waals surface area (Å²) in [7, 11) is 0. The zero-order valence-electron chi connectivity index (χ0n) is 9.60. The van der Waals surface area contributed by atoms with Gasteiger partial charge in [-0.25, -0.2) is 0 Å². The number of alkyl halides is 3. The summed E-state index contributed by atoms with van der Waals surface area (Å²) in [6.45, 7) is 3.26. The minimum atomic E-state index is -4.48. The van der Waals surface area contributed by atoms with Crippen LogP contribution in [0.1, 0.15) is 19.4 Å². The van der Waals surface area contributed by atoms with Crippen LogP contribution < -0.4 is 11.1 Å². The van der Waals surface area contributed by atoms with Crippen molar-refractivity contribution in [3.63, 3.8) is 0 Å². The number of hydrogen-bond donors (Lipinski definition) is 3. The van der Waals surface area contributed by atoms with Gasteiger partial charge < -0.3 is 16.2 Å². The van der Waals surface area contributed by atoms with Crippen molar-refractivity contribution in [2.75, 3.05) is 17.6 Å². The quantitative estimate of drug-likeness (QED) is 0.720. The highest BCUT2D eigenvalue weighted by Crippen LogP contribution is 2.35. The number of anilines is 2. The molecule has 1 aromatic rings. The molecular formula is C11H15F3N2O. The van der Waals surface area contributed by atoms with E-state index in [1.165, 1.54) is 12.1 Å². The summed E-state index contributed by atoms with van der Waals surface area (Å²) in [4.78, 5) is 0. The minimum absolute atomic E-state index is 0.147. The first-order valence-electron chi connectivity index (χ1n) is 5.02. The lowest BCUT2D eigenvalue weighted by Gasteiger charge is -2.19. The van der Waals surface area contributed by atoms with Crippen LogP contribution in [0.3, 0.4) is 0 Å². The number of nitrogens with one attached hydrogen (secondary N) is 1. The van der Waals surface area contributed by atoms with Crippen LogP contribution in [0.5, 0.6) is 0 Å². The molecule has 1 aromatic carbocycles. The van der Waals surface area contributed by atoms with Crippen molar-refractivity contribution < 1.29 is 18.3 Å². The molecule has 0 aliphatic carbocycles. The molecule has 0 spiro atoms. The fourth-order valence-electron chi connectivity index (χ4n) is 1.23. The lowest BCUT2D eigenvalue weighted by molar-refractivity contribution is -0.136. The fraction of sp³-hybridized carbons (Fsp3) is 0.455. The van der Waals surface area contributed by atoms with Crippen LogP contribution in [0.4, 0.5) is 24.5 Å². The molecule has 0 bridgehead atoms. The first-order valence-corrected chi connectivity index (χ1v) is 5.02. The number of hydrogen-bond acceptors (Lipinski definition) is 3. The summed E-state index contributed by atoms with van der Waals surface area (Å²) < 4.78 is 37.6. The second-order valence-electron chi connectivity index (χ2n) is 4.47. The Morgan fingerprint density at radius 3 is 2.35 bits per heavy atom. The van der Waals surface area contributed by atoms with Gasteiger partial charge in [0, 0.05) is 17.9 Å². The summed E-state index contributed by atoms with van der Waals surface area (Å²) >= 11 is 0. The van der Waals surface area contributed by atoms with Crippen LogP contribution in [0.25, 0.3) is 0 Å². The predicted molar refractivity (Wildman–Crippen MR) is 60.6 cm³/mol. The number of benzene rings is 1. The molecule has 0 radical (unpaired) electrons. The molecule has 0 atom stereocenters. The number of nitrogens with two attached hydrogens (primary N) is 1. The number of rotatable bonds is 3. The van der Waals surface area contributed by atoms with Crippen LogP contribution in [-0.2, 0) is 6.18 Å². The molecule has 3 nitrogen and oxygen atoms in total. The Kier molecular flexibility index (Phi) is 3.56. The molecule has 0 heterocycles. The molecule has 0 saturated carbocycles. The lowest BCUT2D eigenvalue weighted by atomic mass is 10.1. The third-order valence-corrected chi connectivity index (χ3v) is 2.08. The van der Waals surface area contributed by atoms with E-state index in [4.69, 9.17) is 5.73 Å². The average Bonchev–Trinajstić information content (AvgIpc) is 2.13. The van der Waals surface area contributed by atoms with Crippen LogP contribution in [-0.4, -0.2) is 17.3 Å². The zero-order chi connectivity index (χ0) is 13.3. The van der Waals surface area contributed by atoms with Gasteiger partial charge in [-0.2, -0.15) is 13.2 Å². The summed E-state index contributed by atoms with van der Waals surface area (Å²) in [5.74, 6) is 0. The lowest BCUT2D eigenvalue weighted by Crippen LogP contribution is -2.29. The van der Waals surface area contributed by atoms with Crippen molar-refractivity contribution in [3.8, 4) is 0 Å². The Labute approximate surface area is 97.4 Å². The SMILES string of the molecule is CC(C)(O)CNc1ccc(N)c(C(F)(F)F)c1. The van der Waals surface area contributed by atoms with Crippen LogP contribution >= 0.6 is 0 Å². The van der Waals surface area contributed by atoms with Gasteiger partial charge in [0.2, 0.25) is 0 Å². The molecule has 0 saturated heterocycles. The second kappa shape index (κ2) is 4.44. The molecule has 4 N–H and O–H groups in total. The number of aliphatic hydroxyl groups is 1. The van der Waals surface area contributed by atoms with Crippen molar-refractivity contribution in [1.82, 2.24) is 0 Å². The monoisotopic (exact) mass is 248 g/mol. The third-order valence-electron chi connectivity index (χ3n) is 2.08. The van der Waals surface area contributed by atoms with Gasteiger partial charge in [-0.15, -0.1) is 0 Å². The van der Waals surface area contributed by atoms with Crippen molar-refractivity contribution >= 4 is 11.4 Å². The van der Waals surface area contributed by atoms with Gasteiger partial charge in [0.25, 0.3) is 0 Å². The van der Waals surface area contributed by atoms with Gasteiger partial charge in [-0.3, -0.25) is 0 Å². The van der Waals surface area contributed by atoms with Gasteiger partial charge in [0.05, 0.1) is 11.2 Å². The smallest absolute Gasteiger partial charge is 0.398 e. The van der Waals surface area contributed by atoms with Crippen molar-refractivity contribution in [2.45, 2.75) is 25.6 Å². The van der Waals surface area contributed by atoms with E-state index in [1.54, 1.807) is 13.8 Å². The summed E-state index contributed by atoms with van der Waals surface area (Å²) in [6, 6.07) is 3.56. The molecule has 0 aromatic heterocycles. The van der Waals surface area contributed by atoms with Crippen molar-refractivity contribution in [2.24, 2.45) is 0 Å². The number of nitrogen functional groups attached to an aromatic ring is 1. The number of halogens is 3. The molecule has 0 aliphatic heterocycles. The highest BCUT2D eigenvalue weighted by molar-refractivity contribution is 5.58. The molecule has 6 heteroatoms. The maximum atomic E-state index is 12.5. The highest BCUT2D eigenvalue weighted by atomic mass is 19.4. The Hall–Kier alpha value is -1.43. The largest absolute Gasteiger partial charge is 0.418 e. The molecule has 0 aliphatic rings. The van der Waals surface area contributed by atoms with E-state index in [2.05, 4.69) is 5.32 Å². The molecule has 17 heavy (non-hydrogen) atoms. The maximum Gasteiger partial charge on any atom is 0.418 e. The fourth-order valence-corrected chi connectivity index (χ4v) is 1.23. The van der Waals surface area contributed by atoms with Crippen molar-refractivity contribution in [3.05, 3.63) is 23.8 Å². The van der Waals surface area contributed by atoms with Crippen LogP contribution in [0.15, 0.2) is 18.2 Å². The molecule has 1 rings (SSSR count). The summed E-state index contributed by atoms with van der Waals surface area (Å²) in [5, 5.41) is 12.2.